The topological polar surface area (TPSA) is 119 Å². The van der Waals surface area contributed by atoms with E-state index in [1.807, 2.05) is 13.8 Å². The van der Waals surface area contributed by atoms with Gasteiger partial charge < -0.3 is 21.1 Å². The van der Waals surface area contributed by atoms with Crippen LogP contribution in [0.2, 0.25) is 6.32 Å². The fraction of sp³-hybridized carbons (Fsp3) is 1.00. The zero-order valence-corrected chi connectivity index (χ0v) is 16.2. The van der Waals surface area contributed by atoms with Gasteiger partial charge in [0.2, 0.25) is 0 Å². The van der Waals surface area contributed by atoms with Crippen molar-refractivity contribution in [3.05, 3.63) is 0 Å². The van der Waals surface area contributed by atoms with E-state index >= 15 is 0 Å². The van der Waals surface area contributed by atoms with E-state index < -0.39 is 22.9 Å². The Kier molecular flexibility index (Phi) is 7.29. The minimum Gasteiger partial charge on any atom is -0.427 e. The van der Waals surface area contributed by atoms with Crippen molar-refractivity contribution in [1.29, 1.82) is 0 Å². The molecule has 0 aromatic carbocycles. The van der Waals surface area contributed by atoms with E-state index in [9.17, 15) is 8.42 Å². The predicted molar refractivity (Wildman–Crippen MR) is 99.1 cm³/mol. The monoisotopic (exact) mass is 376 g/mol. The number of nitrogens with two attached hydrogens (primary N) is 1. The summed E-state index contributed by atoms with van der Waals surface area (Å²) in [7, 11) is -4.86. The first-order valence-electron chi connectivity index (χ1n) is 9.31. The van der Waals surface area contributed by atoms with Crippen LogP contribution >= 0.6 is 0 Å². The first-order valence-corrected chi connectivity index (χ1v) is 10.7. The fourth-order valence-corrected chi connectivity index (χ4v) is 5.99. The van der Waals surface area contributed by atoms with Crippen LogP contribution in [0.3, 0.4) is 0 Å². The molecule has 2 rings (SSSR count). The Morgan fingerprint density at radius 3 is 2.72 bits per heavy atom. The third kappa shape index (κ3) is 5.15. The predicted octanol–water partition coefficient (Wildman–Crippen LogP) is -0.793. The molecular weight excluding hydrogens is 343 g/mol. The standard InChI is InChI=1S/C15H33BN4O4S/c1-3-9-20(14-6-8-18-10-14)25(23,24)19-11-13(15(2,17)12-19)5-4-7-16(21)22/h13-14,18,21-22H,3-12,17H2,1-2H3/t13-,14-,15-/m0/s1. The van der Waals surface area contributed by atoms with Crippen molar-refractivity contribution in [2.75, 3.05) is 32.7 Å². The van der Waals surface area contributed by atoms with Crippen LogP contribution in [-0.4, -0.2) is 78.5 Å². The van der Waals surface area contributed by atoms with Crippen LogP contribution in [0, 0.1) is 5.92 Å². The van der Waals surface area contributed by atoms with Crippen LogP contribution in [0.1, 0.15) is 39.5 Å². The van der Waals surface area contributed by atoms with Gasteiger partial charge in [-0.1, -0.05) is 13.3 Å². The molecule has 0 aromatic rings. The Labute approximate surface area is 152 Å². The van der Waals surface area contributed by atoms with Crippen molar-refractivity contribution >= 4 is 17.3 Å². The molecule has 5 N–H and O–H groups in total. The van der Waals surface area contributed by atoms with Gasteiger partial charge in [-0.2, -0.15) is 17.0 Å². The van der Waals surface area contributed by atoms with E-state index in [2.05, 4.69) is 5.32 Å². The number of rotatable bonds is 9. The van der Waals surface area contributed by atoms with Crippen molar-refractivity contribution in [2.45, 2.75) is 57.4 Å². The molecular formula is C15H33BN4O4S. The van der Waals surface area contributed by atoms with Gasteiger partial charge in [-0.15, -0.1) is 0 Å². The van der Waals surface area contributed by atoms with Gasteiger partial charge in [0.15, 0.2) is 0 Å². The average molecular weight is 376 g/mol. The van der Waals surface area contributed by atoms with Gasteiger partial charge in [-0.25, -0.2) is 0 Å². The Balaban J connectivity index is 2.07. The van der Waals surface area contributed by atoms with E-state index in [1.54, 1.807) is 4.31 Å². The van der Waals surface area contributed by atoms with Crippen molar-refractivity contribution in [1.82, 2.24) is 13.9 Å². The lowest BCUT2D eigenvalue weighted by atomic mass is 9.79. The van der Waals surface area contributed by atoms with Gasteiger partial charge in [0.1, 0.15) is 0 Å². The molecule has 25 heavy (non-hydrogen) atoms. The van der Waals surface area contributed by atoms with E-state index in [1.165, 1.54) is 4.31 Å². The SMILES string of the molecule is CCCN([C@H]1CCNC1)S(=O)(=O)N1C[C@H](CCCB(O)O)[C@@](C)(N)C1. The zero-order chi connectivity index (χ0) is 18.7. The van der Waals surface area contributed by atoms with Crippen LogP contribution in [0.5, 0.6) is 0 Å². The molecule has 0 bridgehead atoms. The van der Waals surface area contributed by atoms with Gasteiger partial charge in [0.25, 0.3) is 10.2 Å². The van der Waals surface area contributed by atoms with Crippen molar-refractivity contribution in [3.8, 4) is 0 Å². The molecule has 2 aliphatic heterocycles. The summed E-state index contributed by atoms with van der Waals surface area (Å²) in [5, 5.41) is 21.2. The maximum atomic E-state index is 13.2. The largest absolute Gasteiger partial charge is 0.451 e. The molecule has 0 radical (unpaired) electrons. The molecule has 146 valence electrons. The summed E-state index contributed by atoms with van der Waals surface area (Å²) in [4.78, 5) is 0. The van der Waals surface area contributed by atoms with Crippen LogP contribution in [0.15, 0.2) is 0 Å². The van der Waals surface area contributed by atoms with Crippen LogP contribution in [0.25, 0.3) is 0 Å². The van der Waals surface area contributed by atoms with Gasteiger partial charge in [-0.3, -0.25) is 0 Å². The molecule has 0 aliphatic carbocycles. The fourth-order valence-electron chi connectivity index (χ4n) is 3.91. The quantitative estimate of drug-likeness (QED) is 0.392. The minimum atomic E-state index is -3.54. The van der Waals surface area contributed by atoms with Gasteiger partial charge >= 0.3 is 7.12 Å². The van der Waals surface area contributed by atoms with Gasteiger partial charge in [0.05, 0.1) is 0 Å². The number of hydrogen-bond acceptors (Lipinski definition) is 6. The lowest BCUT2D eigenvalue weighted by Crippen LogP contribution is -2.50. The molecule has 2 aliphatic rings. The zero-order valence-electron chi connectivity index (χ0n) is 15.4. The second-order valence-electron chi connectivity index (χ2n) is 7.67. The van der Waals surface area contributed by atoms with Crippen LogP contribution in [-0.2, 0) is 10.2 Å². The van der Waals surface area contributed by atoms with E-state index in [-0.39, 0.29) is 18.3 Å². The summed E-state index contributed by atoms with van der Waals surface area (Å²) in [5.74, 6) is 0.0196. The normalized spacial score (nSPS) is 31.1. The van der Waals surface area contributed by atoms with Crippen molar-refractivity contribution in [2.24, 2.45) is 11.7 Å². The first kappa shape index (κ1) is 21.1. The Morgan fingerprint density at radius 1 is 1.44 bits per heavy atom. The summed E-state index contributed by atoms with van der Waals surface area (Å²) < 4.78 is 29.6. The van der Waals surface area contributed by atoms with Gasteiger partial charge in [0, 0.05) is 37.8 Å². The molecule has 2 heterocycles. The molecule has 0 saturated carbocycles. The first-order chi connectivity index (χ1) is 11.7. The Bertz CT molecular complexity index is 526. The summed E-state index contributed by atoms with van der Waals surface area (Å²) in [6, 6.07) is 0.0116. The average Bonchev–Trinajstić information content (AvgIpc) is 3.13. The molecule has 0 unspecified atom stereocenters. The molecule has 8 nitrogen and oxygen atoms in total. The van der Waals surface area contributed by atoms with Gasteiger partial charge in [-0.05, 0) is 45.0 Å². The molecule has 2 fully saturated rings. The summed E-state index contributed by atoms with van der Waals surface area (Å²) in [5.41, 5.74) is 5.79. The maximum absolute atomic E-state index is 13.2. The molecule has 10 heteroatoms. The van der Waals surface area contributed by atoms with Crippen LogP contribution < -0.4 is 11.1 Å². The molecule has 0 amide bonds. The third-order valence-electron chi connectivity index (χ3n) is 5.40. The highest BCUT2D eigenvalue weighted by atomic mass is 32.2. The number of hydrogen-bond donors (Lipinski definition) is 4. The molecule has 0 aromatic heterocycles. The summed E-state index contributed by atoms with van der Waals surface area (Å²) >= 11 is 0. The molecule has 0 spiro atoms. The summed E-state index contributed by atoms with van der Waals surface area (Å²) in [6.07, 6.45) is 3.21. The molecule has 2 saturated heterocycles. The van der Waals surface area contributed by atoms with Crippen LogP contribution in [0.4, 0.5) is 0 Å². The number of nitrogens with one attached hydrogen (secondary N) is 1. The second-order valence-corrected chi connectivity index (χ2v) is 9.55. The third-order valence-corrected chi connectivity index (χ3v) is 7.40. The van der Waals surface area contributed by atoms with Crippen molar-refractivity contribution < 1.29 is 18.5 Å². The maximum Gasteiger partial charge on any atom is 0.451 e. The highest BCUT2D eigenvalue weighted by Gasteiger charge is 2.47. The number of nitrogens with zero attached hydrogens (tertiary/aromatic N) is 2. The smallest absolute Gasteiger partial charge is 0.427 e. The highest BCUT2D eigenvalue weighted by Crippen LogP contribution is 2.33. The van der Waals surface area contributed by atoms with E-state index in [0.29, 0.717) is 39.0 Å². The highest BCUT2D eigenvalue weighted by molar-refractivity contribution is 7.86. The Hall–Kier alpha value is -0.225. The summed E-state index contributed by atoms with van der Waals surface area (Å²) in [6.45, 7) is 6.66. The van der Waals surface area contributed by atoms with E-state index in [4.69, 9.17) is 15.8 Å². The lowest BCUT2D eigenvalue weighted by Gasteiger charge is -2.31. The molecule has 3 atom stereocenters. The second kappa shape index (κ2) is 8.64. The minimum absolute atomic E-state index is 0.0116. The Morgan fingerprint density at radius 2 is 2.16 bits per heavy atom. The lowest BCUT2D eigenvalue weighted by molar-refractivity contribution is 0.300. The van der Waals surface area contributed by atoms with Crippen molar-refractivity contribution in [3.63, 3.8) is 0 Å². The van der Waals surface area contributed by atoms with E-state index in [0.717, 1.165) is 19.4 Å².